The number of nitrogens with two attached hydrogens (primary N) is 1. The number of nitrogens with zero attached hydrogens (tertiary/aromatic N) is 2. The van der Waals surface area contributed by atoms with Gasteiger partial charge < -0.3 is 24.9 Å². The number of halogens is 2. The molecule has 1 aliphatic rings. The molecule has 164 valence electrons. The molecule has 0 bridgehead atoms. The number of benzene rings is 2. The van der Waals surface area contributed by atoms with Gasteiger partial charge in [-0.15, -0.1) is 0 Å². The molecule has 1 saturated heterocycles. The van der Waals surface area contributed by atoms with E-state index >= 15 is 0 Å². The van der Waals surface area contributed by atoms with Crippen molar-refractivity contribution >= 4 is 23.2 Å². The Balaban J connectivity index is 1.64. The number of aliphatic hydroxyl groups excluding tert-OH is 1. The van der Waals surface area contributed by atoms with E-state index in [-0.39, 0.29) is 29.9 Å². The third-order valence-corrected chi connectivity index (χ3v) is 6.49. The van der Waals surface area contributed by atoms with E-state index in [2.05, 4.69) is 11.9 Å². The molecule has 2 aromatic carbocycles. The molecule has 6 nitrogen and oxygen atoms in total. The smallest absolute Gasteiger partial charge is 0.184 e. The van der Waals surface area contributed by atoms with E-state index < -0.39 is 6.29 Å². The minimum atomic E-state index is -0.548. The number of rotatable bonds is 6. The zero-order valence-corrected chi connectivity index (χ0v) is 18.6. The molecule has 8 heteroatoms. The summed E-state index contributed by atoms with van der Waals surface area (Å²) >= 11 is 12.3. The molecule has 0 aliphatic carbocycles. The highest BCUT2D eigenvalue weighted by molar-refractivity contribution is 6.40. The molecule has 0 saturated carbocycles. The number of aromatic nitrogens is 2. The Morgan fingerprint density at radius 1 is 1.00 bits per heavy atom. The molecule has 3 aromatic rings. The Morgan fingerprint density at radius 3 is 2.23 bits per heavy atom. The second-order valence-electron chi connectivity index (χ2n) is 7.75. The van der Waals surface area contributed by atoms with Crippen molar-refractivity contribution in [3.63, 3.8) is 0 Å². The summed E-state index contributed by atoms with van der Waals surface area (Å²) in [4.78, 5) is 4.07. The van der Waals surface area contributed by atoms with Gasteiger partial charge in [-0.05, 0) is 16.7 Å². The Labute approximate surface area is 191 Å². The van der Waals surface area contributed by atoms with E-state index in [9.17, 15) is 5.11 Å². The van der Waals surface area contributed by atoms with E-state index in [0.29, 0.717) is 18.2 Å². The maximum absolute atomic E-state index is 9.37. The molecule has 1 aliphatic heterocycles. The van der Waals surface area contributed by atoms with E-state index in [1.807, 2.05) is 48.5 Å². The van der Waals surface area contributed by atoms with Gasteiger partial charge in [0.2, 0.25) is 0 Å². The maximum Gasteiger partial charge on any atom is 0.184 e. The highest BCUT2D eigenvalue weighted by Crippen LogP contribution is 2.42. The first-order valence-corrected chi connectivity index (χ1v) is 10.9. The van der Waals surface area contributed by atoms with Crippen molar-refractivity contribution in [1.82, 2.24) is 9.55 Å². The van der Waals surface area contributed by atoms with E-state index in [4.69, 9.17) is 38.4 Å². The van der Waals surface area contributed by atoms with Crippen LogP contribution in [-0.2, 0) is 29.2 Å². The summed E-state index contributed by atoms with van der Waals surface area (Å²) in [6, 6.07) is 15.7. The molecule has 0 radical (unpaired) electrons. The van der Waals surface area contributed by atoms with E-state index in [1.54, 1.807) is 10.9 Å². The van der Waals surface area contributed by atoms with Gasteiger partial charge in [-0.2, -0.15) is 0 Å². The molecule has 1 fully saturated rings. The van der Waals surface area contributed by atoms with Crippen LogP contribution >= 0.6 is 23.2 Å². The summed E-state index contributed by atoms with van der Waals surface area (Å²) in [6.45, 7) is 3.07. The summed E-state index contributed by atoms with van der Waals surface area (Å²) in [5.41, 5.74) is 9.57. The van der Waals surface area contributed by atoms with E-state index in [1.165, 1.54) is 0 Å². The number of ether oxygens (including phenoxy) is 2. The zero-order valence-electron chi connectivity index (χ0n) is 17.1. The predicted octanol–water partition coefficient (Wildman–Crippen LogP) is 4.63. The second kappa shape index (κ2) is 9.69. The Hall–Kier alpha value is -1.93. The van der Waals surface area contributed by atoms with Crippen LogP contribution in [0.15, 0.2) is 54.9 Å². The normalized spacial score (nSPS) is 23.8. The van der Waals surface area contributed by atoms with Crippen LogP contribution in [0.2, 0.25) is 10.3 Å². The number of imidazole rings is 1. The molecule has 4 rings (SSSR count). The lowest BCUT2D eigenvalue weighted by molar-refractivity contribution is -0.276. The highest BCUT2D eigenvalue weighted by atomic mass is 35.5. The third-order valence-electron chi connectivity index (χ3n) is 5.72. The van der Waals surface area contributed by atoms with Gasteiger partial charge >= 0.3 is 0 Å². The molecule has 31 heavy (non-hydrogen) atoms. The molecule has 0 amide bonds. The van der Waals surface area contributed by atoms with Gasteiger partial charge in [-0.1, -0.05) is 78.7 Å². The van der Waals surface area contributed by atoms with Crippen LogP contribution in [0.1, 0.15) is 41.6 Å². The lowest BCUT2D eigenvalue weighted by Gasteiger charge is -2.41. The van der Waals surface area contributed by atoms with Crippen molar-refractivity contribution in [2.45, 2.75) is 45.1 Å². The number of hydrogen-bond acceptors (Lipinski definition) is 5. The summed E-state index contributed by atoms with van der Waals surface area (Å²) in [7, 11) is 0. The van der Waals surface area contributed by atoms with Gasteiger partial charge in [0.15, 0.2) is 11.4 Å². The Bertz CT molecular complexity index is 1010. The van der Waals surface area contributed by atoms with Crippen LogP contribution in [0.3, 0.4) is 0 Å². The monoisotopic (exact) mass is 461 g/mol. The van der Waals surface area contributed by atoms with Gasteiger partial charge in [0, 0.05) is 18.0 Å². The van der Waals surface area contributed by atoms with Crippen LogP contribution in [0.5, 0.6) is 0 Å². The molecule has 4 atom stereocenters. The lowest BCUT2D eigenvalue weighted by Crippen LogP contribution is -2.39. The van der Waals surface area contributed by atoms with Crippen LogP contribution < -0.4 is 5.73 Å². The largest absolute Gasteiger partial charge is 0.392 e. The van der Waals surface area contributed by atoms with Crippen molar-refractivity contribution < 1.29 is 14.6 Å². The fourth-order valence-electron chi connectivity index (χ4n) is 3.80. The Kier molecular flexibility index (Phi) is 6.96. The molecule has 3 N–H and O–H groups in total. The molecule has 1 aromatic heterocycles. The van der Waals surface area contributed by atoms with Crippen LogP contribution in [-0.4, -0.2) is 20.8 Å². The van der Waals surface area contributed by atoms with E-state index in [0.717, 1.165) is 22.3 Å². The first-order valence-electron chi connectivity index (χ1n) is 10.2. The minimum Gasteiger partial charge on any atom is -0.392 e. The van der Waals surface area contributed by atoms with Crippen molar-refractivity contribution in [3.05, 3.63) is 87.4 Å². The van der Waals surface area contributed by atoms with Crippen LogP contribution in [0.25, 0.3) is 0 Å². The third kappa shape index (κ3) is 4.80. The summed E-state index contributed by atoms with van der Waals surface area (Å²) < 4.78 is 14.6. The van der Waals surface area contributed by atoms with Gasteiger partial charge in [-0.3, -0.25) is 0 Å². The van der Waals surface area contributed by atoms with Crippen molar-refractivity contribution in [2.24, 2.45) is 11.7 Å². The zero-order chi connectivity index (χ0) is 22.0. The first kappa shape index (κ1) is 22.3. The van der Waals surface area contributed by atoms with Gasteiger partial charge in [0.05, 0.1) is 31.7 Å². The Morgan fingerprint density at radius 2 is 1.65 bits per heavy atom. The maximum atomic E-state index is 9.37. The highest BCUT2D eigenvalue weighted by Gasteiger charge is 2.38. The summed E-state index contributed by atoms with van der Waals surface area (Å²) in [6.07, 6.45) is 0.668. The fraction of sp³-hybridized carbons (Fsp3) is 0.348. The first-order chi connectivity index (χ1) is 15.0. The molecular weight excluding hydrogens is 437 g/mol. The quantitative estimate of drug-likeness (QED) is 0.558. The van der Waals surface area contributed by atoms with Gasteiger partial charge in [0.25, 0.3) is 0 Å². The lowest BCUT2D eigenvalue weighted by atomic mass is 9.90. The molecular formula is C23H25Cl2N3O3. The molecule has 4 unspecified atom stereocenters. The molecule has 0 spiro atoms. The average Bonchev–Trinajstić information content (AvgIpc) is 3.12. The number of hydrogen-bond donors (Lipinski definition) is 2. The molecule has 2 heterocycles. The van der Waals surface area contributed by atoms with Crippen LogP contribution in [0, 0.1) is 5.92 Å². The fourth-order valence-corrected chi connectivity index (χ4v) is 4.12. The number of aliphatic hydroxyl groups is 1. The van der Waals surface area contributed by atoms with Crippen molar-refractivity contribution in [1.29, 1.82) is 0 Å². The van der Waals surface area contributed by atoms with Crippen molar-refractivity contribution in [2.75, 3.05) is 0 Å². The van der Waals surface area contributed by atoms with Gasteiger partial charge in [0.1, 0.15) is 5.15 Å². The topological polar surface area (TPSA) is 82.5 Å². The average molecular weight is 462 g/mol. The summed E-state index contributed by atoms with van der Waals surface area (Å²) in [5.74, 6) is 0.0248. The standard InChI is InChI=1S/C23H25Cl2N3O3/c1-14-19(11-28-13-27-21(24)22(28)25)30-23(18-8-2-15(10-26)3-9-18)31-20(14)17-6-4-16(12-29)5-7-17/h2-9,13-14,19-20,23,29H,10-12,26H2,1H3. The van der Waals surface area contributed by atoms with Gasteiger partial charge in [-0.25, -0.2) is 4.98 Å². The second-order valence-corrected chi connectivity index (χ2v) is 8.46. The van der Waals surface area contributed by atoms with Crippen molar-refractivity contribution in [3.8, 4) is 0 Å². The predicted molar refractivity (Wildman–Crippen MR) is 120 cm³/mol. The van der Waals surface area contributed by atoms with Crippen LogP contribution in [0.4, 0.5) is 0 Å². The minimum absolute atomic E-state index is 0.00307. The SMILES string of the molecule is CC1C(Cn2cnc(Cl)c2Cl)OC(c2ccc(CN)cc2)OC1c1ccc(CO)cc1. The summed E-state index contributed by atoms with van der Waals surface area (Å²) in [5, 5.41) is 10.0.